The molecule has 0 saturated heterocycles. The maximum absolute atomic E-state index is 12.1. The zero-order chi connectivity index (χ0) is 12.4. The summed E-state index contributed by atoms with van der Waals surface area (Å²) in [6.45, 7) is 3.64. The molecule has 0 spiro atoms. The highest BCUT2D eigenvalue weighted by atomic mass is 19.4. The van der Waals surface area contributed by atoms with Crippen molar-refractivity contribution in [2.24, 2.45) is 0 Å². The van der Waals surface area contributed by atoms with Gasteiger partial charge >= 0.3 is 6.18 Å². The molecule has 0 radical (unpaired) electrons. The molecule has 1 nitrogen and oxygen atoms in total. The van der Waals surface area contributed by atoms with E-state index in [1.54, 1.807) is 12.1 Å². The van der Waals surface area contributed by atoms with E-state index in [2.05, 4.69) is 0 Å². The van der Waals surface area contributed by atoms with Crippen LogP contribution in [0.3, 0.4) is 0 Å². The zero-order valence-corrected chi connectivity index (χ0v) is 9.30. The van der Waals surface area contributed by atoms with Crippen LogP contribution in [0.5, 0.6) is 0 Å². The maximum Gasteiger partial charge on any atom is 0.393 e. The van der Waals surface area contributed by atoms with Gasteiger partial charge in [0.2, 0.25) is 0 Å². The summed E-state index contributed by atoms with van der Waals surface area (Å²) in [5.41, 5.74) is 0.655. The smallest absolute Gasteiger partial charge is 0.393 e. The van der Waals surface area contributed by atoms with Gasteiger partial charge in [0, 0.05) is 5.41 Å². The lowest BCUT2D eigenvalue weighted by Gasteiger charge is -2.22. The van der Waals surface area contributed by atoms with Crippen molar-refractivity contribution in [3.05, 3.63) is 35.4 Å². The van der Waals surface area contributed by atoms with E-state index < -0.39 is 18.0 Å². The molecule has 0 saturated carbocycles. The third-order valence-electron chi connectivity index (χ3n) is 2.54. The molecule has 16 heavy (non-hydrogen) atoms. The van der Waals surface area contributed by atoms with Crippen molar-refractivity contribution in [3.63, 3.8) is 0 Å². The molecule has 4 heteroatoms. The Hall–Kier alpha value is -1.03. The van der Waals surface area contributed by atoms with Crippen LogP contribution >= 0.6 is 0 Å². The largest absolute Gasteiger partial charge is 0.395 e. The fraction of sp³-hybridized carbons (Fsp3) is 0.500. The lowest BCUT2D eigenvalue weighted by molar-refractivity contribution is -0.127. The van der Waals surface area contributed by atoms with Crippen LogP contribution < -0.4 is 0 Å². The van der Waals surface area contributed by atoms with E-state index >= 15 is 0 Å². The van der Waals surface area contributed by atoms with E-state index in [0.717, 1.165) is 5.56 Å². The van der Waals surface area contributed by atoms with Crippen LogP contribution in [0.25, 0.3) is 0 Å². The molecule has 0 unspecified atom stereocenters. The average Bonchev–Trinajstić information content (AvgIpc) is 2.16. The summed E-state index contributed by atoms with van der Waals surface area (Å²) in [6.07, 6.45) is -5.08. The second-order valence-corrected chi connectivity index (χ2v) is 4.53. The quantitative estimate of drug-likeness (QED) is 0.849. The van der Waals surface area contributed by atoms with E-state index in [0.29, 0.717) is 0 Å². The molecule has 1 aromatic carbocycles. The highest BCUT2D eigenvalue weighted by Crippen LogP contribution is 2.25. The van der Waals surface area contributed by atoms with Crippen LogP contribution in [0.2, 0.25) is 0 Å². The first-order valence-electron chi connectivity index (χ1n) is 5.02. The van der Waals surface area contributed by atoms with E-state index in [4.69, 9.17) is 5.11 Å². The van der Waals surface area contributed by atoms with Gasteiger partial charge in [0.25, 0.3) is 0 Å². The van der Waals surface area contributed by atoms with Gasteiger partial charge in [-0.25, -0.2) is 0 Å². The number of hydrogen-bond acceptors (Lipinski definition) is 1. The van der Waals surface area contributed by atoms with Gasteiger partial charge in [-0.2, -0.15) is 13.2 Å². The van der Waals surface area contributed by atoms with Crippen LogP contribution in [0.15, 0.2) is 24.3 Å². The topological polar surface area (TPSA) is 20.2 Å². The van der Waals surface area contributed by atoms with Crippen molar-refractivity contribution in [1.29, 1.82) is 0 Å². The minimum Gasteiger partial charge on any atom is -0.395 e. The molecule has 1 N–H and O–H groups in total. The average molecular weight is 232 g/mol. The Morgan fingerprint density at radius 1 is 1.06 bits per heavy atom. The Kier molecular flexibility index (Phi) is 3.63. The van der Waals surface area contributed by atoms with Gasteiger partial charge < -0.3 is 5.11 Å². The number of aliphatic hydroxyl groups excluding tert-OH is 1. The monoisotopic (exact) mass is 232 g/mol. The molecule has 0 fully saturated rings. The minimum atomic E-state index is -4.17. The molecule has 0 amide bonds. The van der Waals surface area contributed by atoms with E-state index in [-0.39, 0.29) is 12.2 Å². The lowest BCUT2D eigenvalue weighted by atomic mass is 9.85. The van der Waals surface area contributed by atoms with Gasteiger partial charge in [-0.3, -0.25) is 0 Å². The standard InChI is InChI=1S/C12H15F3O/c1-11(2,8-16)10-5-3-9(4-6-10)7-12(13,14)15/h3-6,16H,7-8H2,1-2H3. The third kappa shape index (κ3) is 3.52. The predicted molar refractivity (Wildman–Crippen MR) is 56.3 cm³/mol. The first kappa shape index (κ1) is 13.0. The molecule has 1 aromatic rings. The first-order valence-corrected chi connectivity index (χ1v) is 5.02. The molecule has 90 valence electrons. The Balaban J connectivity index is 2.84. The Labute approximate surface area is 92.9 Å². The van der Waals surface area contributed by atoms with Crippen LogP contribution in [0.4, 0.5) is 13.2 Å². The molecular formula is C12H15F3O. The lowest BCUT2D eigenvalue weighted by Crippen LogP contribution is -2.22. The summed E-state index contributed by atoms with van der Waals surface area (Å²) in [5, 5.41) is 9.12. The van der Waals surface area contributed by atoms with Crippen molar-refractivity contribution in [2.75, 3.05) is 6.61 Å². The maximum atomic E-state index is 12.1. The predicted octanol–water partition coefficient (Wildman–Crippen LogP) is 3.06. The van der Waals surface area contributed by atoms with Crippen LogP contribution in [0.1, 0.15) is 25.0 Å². The molecule has 0 heterocycles. The summed E-state index contributed by atoms with van der Waals surface area (Å²) in [7, 11) is 0. The molecule has 0 aliphatic heterocycles. The Morgan fingerprint density at radius 2 is 1.56 bits per heavy atom. The Morgan fingerprint density at radius 3 is 1.94 bits per heavy atom. The normalized spacial score (nSPS) is 12.9. The third-order valence-corrected chi connectivity index (χ3v) is 2.54. The van der Waals surface area contributed by atoms with E-state index in [1.807, 2.05) is 13.8 Å². The fourth-order valence-electron chi connectivity index (χ4n) is 1.40. The first-order chi connectivity index (χ1) is 7.24. The Bertz CT molecular complexity index is 338. The molecule has 0 aromatic heterocycles. The van der Waals surface area contributed by atoms with Gasteiger partial charge in [-0.15, -0.1) is 0 Å². The van der Waals surface area contributed by atoms with E-state index in [1.165, 1.54) is 12.1 Å². The highest BCUT2D eigenvalue weighted by molar-refractivity contribution is 5.28. The number of rotatable bonds is 3. The number of aliphatic hydroxyl groups is 1. The molecule has 0 aliphatic carbocycles. The summed E-state index contributed by atoms with van der Waals surface area (Å²) in [6, 6.07) is 6.19. The van der Waals surface area contributed by atoms with Crippen molar-refractivity contribution in [2.45, 2.75) is 31.9 Å². The highest BCUT2D eigenvalue weighted by Gasteiger charge is 2.27. The second kappa shape index (κ2) is 4.45. The summed E-state index contributed by atoms with van der Waals surface area (Å²) < 4.78 is 36.3. The SMILES string of the molecule is CC(C)(CO)c1ccc(CC(F)(F)F)cc1. The van der Waals surface area contributed by atoms with Gasteiger partial charge in [0.1, 0.15) is 0 Å². The van der Waals surface area contributed by atoms with Crippen molar-refractivity contribution in [1.82, 2.24) is 0 Å². The van der Waals surface area contributed by atoms with Crippen molar-refractivity contribution < 1.29 is 18.3 Å². The zero-order valence-electron chi connectivity index (χ0n) is 9.30. The molecule has 1 rings (SSSR count). The van der Waals surface area contributed by atoms with Gasteiger partial charge in [-0.05, 0) is 11.1 Å². The second-order valence-electron chi connectivity index (χ2n) is 4.53. The van der Waals surface area contributed by atoms with Crippen molar-refractivity contribution in [3.8, 4) is 0 Å². The number of benzene rings is 1. The summed E-state index contributed by atoms with van der Waals surface area (Å²) in [4.78, 5) is 0. The number of alkyl halides is 3. The van der Waals surface area contributed by atoms with Crippen LogP contribution in [-0.4, -0.2) is 17.9 Å². The van der Waals surface area contributed by atoms with Gasteiger partial charge in [0.05, 0.1) is 13.0 Å². The van der Waals surface area contributed by atoms with Crippen LogP contribution in [0, 0.1) is 0 Å². The van der Waals surface area contributed by atoms with E-state index in [9.17, 15) is 13.2 Å². The molecule has 0 atom stereocenters. The molecular weight excluding hydrogens is 217 g/mol. The number of halogens is 3. The van der Waals surface area contributed by atoms with Gasteiger partial charge in [0.15, 0.2) is 0 Å². The van der Waals surface area contributed by atoms with Gasteiger partial charge in [-0.1, -0.05) is 38.1 Å². The fourth-order valence-corrected chi connectivity index (χ4v) is 1.40. The summed E-state index contributed by atoms with van der Waals surface area (Å²) in [5.74, 6) is 0. The molecule has 0 aliphatic rings. The number of hydrogen-bond donors (Lipinski definition) is 1. The molecule has 0 bridgehead atoms. The summed E-state index contributed by atoms with van der Waals surface area (Å²) >= 11 is 0. The van der Waals surface area contributed by atoms with Crippen molar-refractivity contribution >= 4 is 0 Å². The minimum absolute atomic E-state index is 0.0361. The van der Waals surface area contributed by atoms with Crippen LogP contribution in [-0.2, 0) is 11.8 Å².